The van der Waals surface area contributed by atoms with Crippen molar-refractivity contribution >= 4 is 48.2 Å². The maximum atomic E-state index is 13.1. The second-order valence-electron chi connectivity index (χ2n) is 8.01. The molecule has 176 valence electrons. The van der Waals surface area contributed by atoms with Gasteiger partial charge in [-0.3, -0.25) is 18.7 Å². The summed E-state index contributed by atoms with van der Waals surface area (Å²) in [4.78, 5) is 45.6. The molecule has 1 aromatic carbocycles. The molecule has 0 saturated carbocycles. The Morgan fingerprint density at radius 1 is 1.12 bits per heavy atom. The highest BCUT2D eigenvalue weighted by Gasteiger charge is 2.23. The monoisotopic (exact) mass is 491 g/mol. The number of fused-ring (bicyclic) bond motifs is 1. The Hall–Kier alpha value is -2.99. The lowest BCUT2D eigenvalue weighted by atomic mass is 10.3. The van der Waals surface area contributed by atoms with Gasteiger partial charge in [0.25, 0.3) is 5.56 Å². The van der Waals surface area contributed by atoms with Gasteiger partial charge in [0.05, 0.1) is 4.90 Å². The number of nitrogens with one attached hydrogen (secondary N) is 1. The summed E-state index contributed by atoms with van der Waals surface area (Å²) in [6.45, 7) is 3.49. The van der Waals surface area contributed by atoms with Crippen LogP contribution >= 0.6 is 11.3 Å². The largest absolute Gasteiger partial charge is 0.348 e. The van der Waals surface area contributed by atoms with Gasteiger partial charge in [0.1, 0.15) is 11.2 Å². The number of sulfone groups is 1. The lowest BCUT2D eigenvalue weighted by Crippen LogP contribution is -2.41. The minimum atomic E-state index is -3.35. The first-order chi connectivity index (χ1) is 15.7. The molecule has 1 saturated heterocycles. The number of carbonyl (C=O) groups excluding carboxylic acids is 1. The number of nitrogens with zero attached hydrogens (tertiary/aromatic N) is 4. The minimum Gasteiger partial charge on any atom is -0.348 e. The fourth-order valence-electron chi connectivity index (χ4n) is 3.81. The van der Waals surface area contributed by atoms with Crippen molar-refractivity contribution in [3.05, 3.63) is 45.1 Å². The van der Waals surface area contributed by atoms with Gasteiger partial charge >= 0.3 is 5.69 Å². The summed E-state index contributed by atoms with van der Waals surface area (Å²) >= 11 is 1.25. The lowest BCUT2D eigenvalue weighted by Gasteiger charge is -2.12. The topological polar surface area (TPSA) is 123 Å². The van der Waals surface area contributed by atoms with Crippen molar-refractivity contribution < 1.29 is 13.2 Å². The van der Waals surface area contributed by atoms with Crippen LogP contribution in [0.5, 0.6) is 0 Å². The molecule has 33 heavy (non-hydrogen) atoms. The Bertz CT molecular complexity index is 1410. The molecule has 1 amide bonds. The summed E-state index contributed by atoms with van der Waals surface area (Å²) < 4.78 is 26.0. The summed E-state index contributed by atoms with van der Waals surface area (Å²) in [5.74, 6) is -0.483. The van der Waals surface area contributed by atoms with E-state index in [4.69, 9.17) is 0 Å². The minimum absolute atomic E-state index is 0.141. The molecule has 0 radical (unpaired) electrons. The number of rotatable bonds is 7. The van der Waals surface area contributed by atoms with E-state index in [0.29, 0.717) is 21.9 Å². The zero-order chi connectivity index (χ0) is 23.8. The molecule has 0 atom stereocenters. The summed E-state index contributed by atoms with van der Waals surface area (Å²) in [6, 6.07) is 5.77. The van der Waals surface area contributed by atoms with Gasteiger partial charge in [0.15, 0.2) is 20.6 Å². The Labute approximate surface area is 194 Å². The van der Waals surface area contributed by atoms with E-state index in [1.165, 1.54) is 40.2 Å². The van der Waals surface area contributed by atoms with E-state index in [2.05, 4.69) is 15.2 Å². The van der Waals surface area contributed by atoms with E-state index in [9.17, 15) is 22.8 Å². The normalized spacial score (nSPS) is 14.2. The maximum Gasteiger partial charge on any atom is 0.333 e. The second kappa shape index (κ2) is 9.10. The Morgan fingerprint density at radius 2 is 1.79 bits per heavy atom. The third-order valence-corrected chi connectivity index (χ3v) is 7.67. The average Bonchev–Trinajstić information content (AvgIpc) is 3.44. The molecule has 12 heteroatoms. The number of hydrogen-bond acceptors (Lipinski definition) is 8. The molecule has 1 aliphatic heterocycles. The van der Waals surface area contributed by atoms with Crippen molar-refractivity contribution in [3.8, 4) is 0 Å². The molecule has 1 aliphatic rings. The summed E-state index contributed by atoms with van der Waals surface area (Å²) in [5, 5.41) is 3.35. The van der Waals surface area contributed by atoms with E-state index in [1.807, 2.05) is 6.92 Å². The van der Waals surface area contributed by atoms with E-state index in [-0.39, 0.29) is 29.2 Å². The molecule has 1 fully saturated rings. The molecule has 10 nitrogen and oxygen atoms in total. The van der Waals surface area contributed by atoms with Crippen LogP contribution in [0, 0.1) is 0 Å². The van der Waals surface area contributed by atoms with Crippen molar-refractivity contribution in [1.82, 2.24) is 14.1 Å². The average molecular weight is 492 g/mol. The van der Waals surface area contributed by atoms with E-state index >= 15 is 0 Å². The van der Waals surface area contributed by atoms with Gasteiger partial charge in [-0.2, -0.15) is 0 Å². The predicted molar refractivity (Wildman–Crippen MR) is 128 cm³/mol. The molecule has 0 unspecified atom stereocenters. The first-order valence-electron chi connectivity index (χ1n) is 10.7. The molecule has 1 N–H and O–H groups in total. The van der Waals surface area contributed by atoms with Gasteiger partial charge in [-0.05, 0) is 43.5 Å². The Balaban J connectivity index is 1.68. The fraction of sp³-hybridized carbons (Fsp3) is 0.429. The highest BCUT2D eigenvalue weighted by Crippen LogP contribution is 2.28. The number of hydrogen-bond donors (Lipinski definition) is 1. The van der Waals surface area contributed by atoms with Crippen molar-refractivity contribution in [2.24, 2.45) is 0 Å². The number of anilines is 2. The van der Waals surface area contributed by atoms with Crippen LogP contribution in [0.3, 0.4) is 0 Å². The number of carbonyl (C=O) groups is 1. The van der Waals surface area contributed by atoms with Crippen molar-refractivity contribution in [2.75, 3.05) is 29.6 Å². The van der Waals surface area contributed by atoms with Gasteiger partial charge < -0.3 is 10.2 Å². The van der Waals surface area contributed by atoms with Crippen LogP contribution in [0.25, 0.3) is 10.3 Å². The van der Waals surface area contributed by atoms with E-state index in [1.54, 1.807) is 0 Å². The fourth-order valence-corrected chi connectivity index (χ4v) is 5.51. The summed E-state index contributed by atoms with van der Waals surface area (Å²) in [6.07, 6.45) is 3.79. The van der Waals surface area contributed by atoms with Crippen LogP contribution in [-0.2, 0) is 27.7 Å². The molecule has 0 bridgehead atoms. The van der Waals surface area contributed by atoms with Crippen LogP contribution in [0.1, 0.15) is 26.2 Å². The maximum absolute atomic E-state index is 13.1. The highest BCUT2D eigenvalue weighted by atomic mass is 32.2. The zero-order valence-corrected chi connectivity index (χ0v) is 20.0. The molecule has 3 heterocycles. The third-order valence-electron chi connectivity index (χ3n) is 5.45. The highest BCUT2D eigenvalue weighted by molar-refractivity contribution is 7.90. The lowest BCUT2D eigenvalue weighted by molar-refractivity contribution is -0.116. The molecule has 0 aliphatic carbocycles. The van der Waals surface area contributed by atoms with Crippen LogP contribution < -0.4 is 21.5 Å². The summed E-state index contributed by atoms with van der Waals surface area (Å²) in [5.41, 5.74) is -0.343. The Morgan fingerprint density at radius 3 is 2.39 bits per heavy atom. The van der Waals surface area contributed by atoms with Gasteiger partial charge in [0.2, 0.25) is 5.91 Å². The molecule has 0 spiro atoms. The van der Waals surface area contributed by atoms with E-state index in [0.717, 1.165) is 36.8 Å². The predicted octanol–water partition coefficient (Wildman–Crippen LogP) is 1.67. The van der Waals surface area contributed by atoms with Crippen molar-refractivity contribution in [1.29, 1.82) is 0 Å². The SMILES string of the molecule is CCCn1c(=O)c2sc(N3CCCC3)nc2n(CC(=O)Nc2ccc(S(C)(=O)=O)cc2)c1=O. The first kappa shape index (κ1) is 23.2. The van der Waals surface area contributed by atoms with Crippen LogP contribution in [0.2, 0.25) is 0 Å². The summed E-state index contributed by atoms with van der Waals surface area (Å²) in [7, 11) is -3.35. The number of amides is 1. The number of aromatic nitrogens is 3. The molecular weight excluding hydrogens is 466 g/mol. The van der Waals surface area contributed by atoms with Crippen LogP contribution in [0.15, 0.2) is 38.8 Å². The van der Waals surface area contributed by atoms with Crippen molar-refractivity contribution in [2.45, 2.75) is 44.2 Å². The first-order valence-corrected chi connectivity index (χ1v) is 13.4. The van der Waals surface area contributed by atoms with Gasteiger partial charge in [0, 0.05) is 31.6 Å². The van der Waals surface area contributed by atoms with Crippen molar-refractivity contribution in [3.63, 3.8) is 0 Å². The van der Waals surface area contributed by atoms with Crippen LogP contribution in [0.4, 0.5) is 10.8 Å². The van der Waals surface area contributed by atoms with Gasteiger partial charge in [-0.1, -0.05) is 18.3 Å². The molecular formula is C21H25N5O5S2. The molecule has 4 rings (SSSR count). The smallest absolute Gasteiger partial charge is 0.333 e. The van der Waals surface area contributed by atoms with E-state index < -0.39 is 21.4 Å². The quantitative estimate of drug-likeness (QED) is 0.533. The van der Waals surface area contributed by atoms with Crippen LogP contribution in [-0.4, -0.2) is 47.8 Å². The molecule has 3 aromatic rings. The van der Waals surface area contributed by atoms with Gasteiger partial charge in [-0.25, -0.2) is 18.2 Å². The zero-order valence-electron chi connectivity index (χ0n) is 18.4. The second-order valence-corrected chi connectivity index (χ2v) is 11.0. The number of thiazole rings is 1. The third kappa shape index (κ3) is 4.71. The van der Waals surface area contributed by atoms with Gasteiger partial charge in [-0.15, -0.1) is 0 Å². The Kier molecular flexibility index (Phi) is 6.39. The molecule has 2 aromatic heterocycles. The number of benzene rings is 1. The standard InChI is InChI=1S/C21H25N5O5S2/c1-3-10-25-19(28)17-18(23-20(32-17)24-11-4-5-12-24)26(21(25)29)13-16(27)22-14-6-8-15(9-7-14)33(2,30)31/h6-9H,3-5,10-13H2,1-2H3,(H,22,27).